The van der Waals surface area contributed by atoms with Crippen LogP contribution < -0.4 is 0 Å². The topological polar surface area (TPSA) is 36.4 Å². The summed E-state index contributed by atoms with van der Waals surface area (Å²) in [5.74, 6) is 0.263. The van der Waals surface area contributed by atoms with Crippen LogP contribution in [0.25, 0.3) is 10.9 Å². The molecule has 1 aliphatic heterocycles. The van der Waals surface area contributed by atoms with Crippen molar-refractivity contribution in [3.8, 4) is 0 Å². The number of fused-ring (bicyclic) bond motifs is 1. The molecule has 29 heavy (non-hydrogen) atoms. The summed E-state index contributed by atoms with van der Waals surface area (Å²) in [5.41, 5.74) is 3.49. The van der Waals surface area contributed by atoms with Gasteiger partial charge in [0.1, 0.15) is 0 Å². The second-order valence-electron chi connectivity index (χ2n) is 7.85. The third-order valence-corrected chi connectivity index (χ3v) is 5.87. The van der Waals surface area contributed by atoms with Crippen LogP contribution in [0.1, 0.15) is 36.8 Å². The highest BCUT2D eigenvalue weighted by Gasteiger charge is 2.28. The Morgan fingerprint density at radius 2 is 1.72 bits per heavy atom. The van der Waals surface area contributed by atoms with E-state index in [9.17, 15) is 4.79 Å². The van der Waals surface area contributed by atoms with Crippen LogP contribution in [0.5, 0.6) is 0 Å². The van der Waals surface area contributed by atoms with E-state index in [1.54, 1.807) is 0 Å². The van der Waals surface area contributed by atoms with Crippen molar-refractivity contribution in [3.05, 3.63) is 78.0 Å². The van der Waals surface area contributed by atoms with Crippen LogP contribution in [0.4, 0.5) is 0 Å². The molecule has 0 N–H and O–H groups in total. The van der Waals surface area contributed by atoms with Crippen molar-refractivity contribution >= 4 is 16.8 Å². The fourth-order valence-electron chi connectivity index (χ4n) is 4.29. The van der Waals surface area contributed by atoms with E-state index < -0.39 is 0 Å². The molecule has 2 heterocycles. The van der Waals surface area contributed by atoms with Crippen molar-refractivity contribution in [3.63, 3.8) is 0 Å². The highest BCUT2D eigenvalue weighted by molar-refractivity contribution is 5.84. The highest BCUT2D eigenvalue weighted by Crippen LogP contribution is 2.25. The molecule has 0 aliphatic carbocycles. The lowest BCUT2D eigenvalue weighted by Gasteiger charge is -2.36. The molecule has 1 amide bonds. The lowest BCUT2D eigenvalue weighted by Crippen LogP contribution is -2.49. The second-order valence-corrected chi connectivity index (χ2v) is 7.85. The third kappa shape index (κ3) is 4.48. The van der Waals surface area contributed by atoms with Gasteiger partial charge >= 0.3 is 0 Å². The van der Waals surface area contributed by atoms with E-state index in [-0.39, 0.29) is 11.8 Å². The number of pyridine rings is 1. The number of amides is 1. The van der Waals surface area contributed by atoms with Gasteiger partial charge in [0.25, 0.3) is 0 Å². The molecular weight excluding hydrogens is 358 g/mol. The lowest BCUT2D eigenvalue weighted by atomic mass is 9.93. The Bertz CT molecular complexity index is 943. The van der Waals surface area contributed by atoms with Crippen molar-refractivity contribution in [1.82, 2.24) is 14.8 Å². The van der Waals surface area contributed by atoms with Gasteiger partial charge in [0.05, 0.1) is 11.4 Å². The van der Waals surface area contributed by atoms with Gasteiger partial charge in [-0.05, 0) is 23.6 Å². The van der Waals surface area contributed by atoms with Crippen molar-refractivity contribution in [2.24, 2.45) is 0 Å². The molecule has 1 aromatic heterocycles. The molecule has 4 heteroatoms. The number of carbonyl (C=O) groups excluding carboxylic acids is 1. The monoisotopic (exact) mass is 387 g/mol. The zero-order chi connectivity index (χ0) is 20.1. The number of carbonyl (C=O) groups is 1. The number of para-hydroxylation sites is 1. The molecule has 1 saturated heterocycles. The minimum absolute atomic E-state index is 0.0185. The normalized spacial score (nSPS) is 16.1. The second kappa shape index (κ2) is 9.19. The number of benzene rings is 2. The molecular formula is C25H29N3O. The average molecular weight is 388 g/mol. The Balaban J connectivity index is 1.40. The van der Waals surface area contributed by atoms with E-state index in [4.69, 9.17) is 0 Å². The zero-order valence-corrected chi connectivity index (χ0v) is 17.1. The van der Waals surface area contributed by atoms with Gasteiger partial charge in [-0.15, -0.1) is 0 Å². The van der Waals surface area contributed by atoms with E-state index in [0.29, 0.717) is 0 Å². The maximum Gasteiger partial charge on any atom is 0.230 e. The first-order valence-electron chi connectivity index (χ1n) is 10.6. The molecule has 1 fully saturated rings. The van der Waals surface area contributed by atoms with Crippen molar-refractivity contribution in [1.29, 1.82) is 0 Å². The summed E-state index contributed by atoms with van der Waals surface area (Å²) in [5, 5.41) is 1.18. The maximum absolute atomic E-state index is 13.2. The number of hydrogen-bond donors (Lipinski definition) is 0. The molecule has 0 radical (unpaired) electrons. The number of rotatable bonds is 6. The summed E-state index contributed by atoms with van der Waals surface area (Å²) in [6, 6.07) is 20.7. The summed E-state index contributed by atoms with van der Waals surface area (Å²) >= 11 is 0. The van der Waals surface area contributed by atoms with Gasteiger partial charge in [0.2, 0.25) is 5.91 Å². The van der Waals surface area contributed by atoms with Gasteiger partial charge in [-0.2, -0.15) is 0 Å². The SMILES string of the molecule is CCCC(C(=O)N1CCN(Cc2cccc3cccnc23)CC1)c1ccccc1. The molecule has 0 spiro atoms. The maximum atomic E-state index is 13.2. The van der Waals surface area contributed by atoms with E-state index in [2.05, 4.69) is 58.1 Å². The molecule has 1 unspecified atom stereocenters. The number of piperazine rings is 1. The Hall–Kier alpha value is -2.72. The Kier molecular flexibility index (Phi) is 6.20. The third-order valence-electron chi connectivity index (χ3n) is 5.87. The fraction of sp³-hybridized carbons (Fsp3) is 0.360. The summed E-state index contributed by atoms with van der Waals surface area (Å²) in [7, 11) is 0. The summed E-state index contributed by atoms with van der Waals surface area (Å²) in [4.78, 5) is 22.3. The predicted octanol–water partition coefficient (Wildman–Crippen LogP) is 4.46. The van der Waals surface area contributed by atoms with Crippen molar-refractivity contribution in [2.75, 3.05) is 26.2 Å². The fourth-order valence-corrected chi connectivity index (χ4v) is 4.29. The van der Waals surface area contributed by atoms with Crippen LogP contribution in [0, 0.1) is 0 Å². The van der Waals surface area contributed by atoms with Gasteiger partial charge < -0.3 is 4.90 Å². The average Bonchev–Trinajstić information content (AvgIpc) is 2.78. The first-order chi connectivity index (χ1) is 14.3. The van der Waals surface area contributed by atoms with E-state index in [0.717, 1.165) is 56.6 Å². The summed E-state index contributed by atoms with van der Waals surface area (Å²) < 4.78 is 0. The van der Waals surface area contributed by atoms with E-state index >= 15 is 0 Å². The van der Waals surface area contributed by atoms with Gasteiger partial charge in [0, 0.05) is 44.3 Å². The Labute approximate surface area is 173 Å². The van der Waals surface area contributed by atoms with Gasteiger partial charge in [-0.1, -0.05) is 67.9 Å². The molecule has 4 nitrogen and oxygen atoms in total. The lowest BCUT2D eigenvalue weighted by molar-refractivity contribution is -0.134. The van der Waals surface area contributed by atoms with Gasteiger partial charge in [-0.25, -0.2) is 0 Å². The molecule has 1 atom stereocenters. The molecule has 3 aromatic rings. The van der Waals surface area contributed by atoms with Crippen LogP contribution in [-0.4, -0.2) is 46.9 Å². The molecule has 150 valence electrons. The van der Waals surface area contributed by atoms with Crippen molar-refractivity contribution < 1.29 is 4.79 Å². The largest absolute Gasteiger partial charge is 0.340 e. The molecule has 2 aromatic carbocycles. The predicted molar refractivity (Wildman–Crippen MR) is 118 cm³/mol. The Morgan fingerprint density at radius 3 is 2.48 bits per heavy atom. The minimum Gasteiger partial charge on any atom is -0.340 e. The first kappa shape index (κ1) is 19.6. The number of aromatic nitrogens is 1. The van der Waals surface area contributed by atoms with Crippen LogP contribution in [0.3, 0.4) is 0 Å². The zero-order valence-electron chi connectivity index (χ0n) is 17.1. The minimum atomic E-state index is -0.0185. The number of hydrogen-bond acceptors (Lipinski definition) is 3. The molecule has 0 saturated carbocycles. The van der Waals surface area contributed by atoms with Crippen LogP contribution in [-0.2, 0) is 11.3 Å². The van der Waals surface area contributed by atoms with E-state index in [1.165, 1.54) is 10.9 Å². The quantitative estimate of drug-likeness (QED) is 0.626. The van der Waals surface area contributed by atoms with Gasteiger partial charge in [0.15, 0.2) is 0 Å². The number of nitrogens with zero attached hydrogens (tertiary/aromatic N) is 3. The Morgan fingerprint density at radius 1 is 0.966 bits per heavy atom. The summed E-state index contributed by atoms with van der Waals surface area (Å²) in [6.07, 6.45) is 3.78. The van der Waals surface area contributed by atoms with E-state index in [1.807, 2.05) is 30.5 Å². The molecule has 1 aliphatic rings. The molecule has 4 rings (SSSR count). The highest BCUT2D eigenvalue weighted by atomic mass is 16.2. The summed E-state index contributed by atoms with van der Waals surface area (Å²) in [6.45, 7) is 6.44. The van der Waals surface area contributed by atoms with Crippen molar-refractivity contribution in [2.45, 2.75) is 32.2 Å². The van der Waals surface area contributed by atoms with Gasteiger partial charge in [-0.3, -0.25) is 14.7 Å². The van der Waals surface area contributed by atoms with Crippen LogP contribution in [0.2, 0.25) is 0 Å². The molecule has 0 bridgehead atoms. The standard InChI is InChI=1S/C25H29N3O/c1-2-8-23(20-9-4-3-5-10-20)25(29)28-17-15-27(16-18-28)19-22-12-6-11-21-13-7-14-26-24(21)22/h3-7,9-14,23H,2,8,15-19H2,1H3. The first-order valence-corrected chi connectivity index (χ1v) is 10.6. The van der Waals surface area contributed by atoms with Crippen LogP contribution >= 0.6 is 0 Å². The smallest absolute Gasteiger partial charge is 0.230 e. The van der Waals surface area contributed by atoms with Crippen LogP contribution in [0.15, 0.2) is 66.9 Å².